The van der Waals surface area contributed by atoms with E-state index in [-0.39, 0.29) is 31.4 Å². The zero-order valence-electron chi connectivity index (χ0n) is 24.5. The van der Waals surface area contributed by atoms with Crippen molar-refractivity contribution in [3.05, 3.63) is 95.6 Å². The number of hydrogen-bond acceptors (Lipinski definition) is 5. The molecule has 8 nitrogen and oxygen atoms in total. The van der Waals surface area contributed by atoms with Crippen LogP contribution in [0.5, 0.6) is 0 Å². The number of fused-ring (bicyclic) bond motifs is 3. The van der Waals surface area contributed by atoms with Crippen LogP contribution in [0.1, 0.15) is 56.2 Å². The predicted octanol–water partition coefficient (Wildman–Crippen LogP) is 5.27. The topological polar surface area (TPSA) is 99.2 Å². The highest BCUT2D eigenvalue weighted by Gasteiger charge is 2.50. The summed E-state index contributed by atoms with van der Waals surface area (Å²) in [6, 6.07) is 26.3. The molecule has 2 amide bonds. The van der Waals surface area contributed by atoms with Gasteiger partial charge in [-0.15, -0.1) is 0 Å². The number of alkyl carbamates (subject to hydrolysis) is 1. The number of likely N-dealkylation sites (tertiary alicyclic amines) is 1. The second kappa shape index (κ2) is 12.0. The molecule has 1 aliphatic carbocycles. The lowest BCUT2D eigenvalue weighted by molar-refractivity contribution is -0.145. The average molecular weight is 570 g/mol. The van der Waals surface area contributed by atoms with Crippen LogP contribution in [0.3, 0.4) is 0 Å². The second-order valence-electron chi connectivity index (χ2n) is 12.3. The van der Waals surface area contributed by atoms with Crippen LogP contribution in [0.25, 0.3) is 11.1 Å². The molecule has 0 saturated carbocycles. The molecule has 1 saturated heterocycles. The fourth-order valence-corrected chi connectivity index (χ4v) is 6.23. The molecular formula is C34H39N3O5. The van der Waals surface area contributed by atoms with Crippen LogP contribution in [0.2, 0.25) is 0 Å². The van der Waals surface area contributed by atoms with E-state index < -0.39 is 23.1 Å². The normalized spacial score (nSPS) is 18.3. The van der Waals surface area contributed by atoms with Crippen molar-refractivity contribution in [1.82, 2.24) is 15.1 Å². The van der Waals surface area contributed by atoms with Gasteiger partial charge < -0.3 is 20.1 Å². The van der Waals surface area contributed by atoms with Crippen LogP contribution >= 0.6 is 0 Å². The Labute approximate surface area is 247 Å². The molecule has 8 heteroatoms. The number of carbonyl (C=O) groups is 3. The summed E-state index contributed by atoms with van der Waals surface area (Å²) in [5.41, 5.74) is 3.72. The van der Waals surface area contributed by atoms with Gasteiger partial charge in [-0.3, -0.25) is 14.5 Å². The number of hydrogen-bond donors (Lipinski definition) is 2. The molecule has 1 unspecified atom stereocenters. The first-order chi connectivity index (χ1) is 20.1. The minimum Gasteiger partial charge on any atom is -0.481 e. The van der Waals surface area contributed by atoms with E-state index in [4.69, 9.17) is 4.74 Å². The van der Waals surface area contributed by atoms with Crippen LogP contribution in [0.15, 0.2) is 78.9 Å². The third kappa shape index (κ3) is 6.19. The second-order valence-corrected chi connectivity index (χ2v) is 12.3. The lowest BCUT2D eigenvalue weighted by Crippen LogP contribution is -2.64. The molecule has 0 radical (unpaired) electrons. The molecular weight excluding hydrogens is 530 g/mol. The van der Waals surface area contributed by atoms with Crippen molar-refractivity contribution in [2.75, 3.05) is 26.2 Å². The third-order valence-corrected chi connectivity index (χ3v) is 8.30. The number of amides is 2. The summed E-state index contributed by atoms with van der Waals surface area (Å²) in [5, 5.41) is 12.3. The number of aliphatic carboxylic acids is 1. The minimum absolute atomic E-state index is 0.0461. The number of carboxylic acid groups (broad SMARTS) is 1. The molecule has 5 rings (SSSR count). The predicted molar refractivity (Wildman–Crippen MR) is 161 cm³/mol. The van der Waals surface area contributed by atoms with Crippen LogP contribution in [-0.2, 0) is 20.9 Å². The van der Waals surface area contributed by atoms with Gasteiger partial charge in [-0.05, 0) is 55.0 Å². The highest BCUT2D eigenvalue weighted by Crippen LogP contribution is 2.44. The zero-order chi connectivity index (χ0) is 29.9. The van der Waals surface area contributed by atoms with Gasteiger partial charge in [0.15, 0.2) is 0 Å². The van der Waals surface area contributed by atoms with Crippen molar-refractivity contribution in [3.8, 4) is 11.1 Å². The van der Waals surface area contributed by atoms with E-state index in [9.17, 15) is 19.5 Å². The zero-order valence-corrected chi connectivity index (χ0v) is 24.5. The molecule has 1 heterocycles. The molecule has 2 N–H and O–H groups in total. The van der Waals surface area contributed by atoms with Gasteiger partial charge in [-0.2, -0.15) is 0 Å². The largest absolute Gasteiger partial charge is 0.481 e. The number of ether oxygens (including phenoxy) is 1. The van der Waals surface area contributed by atoms with Crippen molar-refractivity contribution in [1.29, 1.82) is 0 Å². The summed E-state index contributed by atoms with van der Waals surface area (Å²) in [5.74, 6) is -1.37. The van der Waals surface area contributed by atoms with Gasteiger partial charge in [0.05, 0.1) is 6.42 Å². The van der Waals surface area contributed by atoms with Crippen LogP contribution in [-0.4, -0.2) is 70.2 Å². The van der Waals surface area contributed by atoms with Gasteiger partial charge in [0.2, 0.25) is 5.91 Å². The van der Waals surface area contributed by atoms with E-state index in [1.807, 2.05) is 75.4 Å². The fraction of sp³-hybridized carbons (Fsp3) is 0.382. The van der Waals surface area contributed by atoms with Crippen molar-refractivity contribution in [2.45, 2.75) is 57.2 Å². The number of nitrogens with one attached hydrogen (secondary N) is 1. The van der Waals surface area contributed by atoms with E-state index in [0.29, 0.717) is 26.1 Å². The van der Waals surface area contributed by atoms with Gasteiger partial charge in [-0.1, -0.05) is 78.9 Å². The Morgan fingerprint density at radius 3 is 2.14 bits per heavy atom. The minimum atomic E-state index is -1.25. The molecule has 3 aromatic carbocycles. The molecule has 3 aromatic rings. The molecule has 42 heavy (non-hydrogen) atoms. The van der Waals surface area contributed by atoms with Gasteiger partial charge in [0, 0.05) is 37.6 Å². The van der Waals surface area contributed by atoms with Crippen LogP contribution < -0.4 is 5.32 Å². The van der Waals surface area contributed by atoms with Crippen LogP contribution in [0.4, 0.5) is 4.79 Å². The lowest BCUT2D eigenvalue weighted by atomic mass is 9.93. The smallest absolute Gasteiger partial charge is 0.408 e. The molecule has 1 aliphatic heterocycles. The van der Waals surface area contributed by atoms with Gasteiger partial charge in [0.25, 0.3) is 0 Å². The number of carboxylic acids is 1. The summed E-state index contributed by atoms with van der Waals surface area (Å²) < 4.78 is 5.86. The SMILES string of the molecule is CC(C)(C)N(CCC(=O)O)C(=O)C1(NC(=O)OCC2c3ccccc3-c3ccccc32)CCN(Cc2ccccc2)C1. The molecule has 0 aromatic heterocycles. The maximum Gasteiger partial charge on any atom is 0.408 e. The molecule has 1 atom stereocenters. The Kier molecular flexibility index (Phi) is 8.36. The first-order valence-corrected chi connectivity index (χ1v) is 14.5. The highest BCUT2D eigenvalue weighted by atomic mass is 16.5. The number of nitrogens with zero attached hydrogens (tertiary/aromatic N) is 2. The van der Waals surface area contributed by atoms with Crippen molar-refractivity contribution in [3.63, 3.8) is 0 Å². The number of rotatable bonds is 9. The van der Waals surface area contributed by atoms with E-state index >= 15 is 0 Å². The number of benzene rings is 3. The van der Waals surface area contributed by atoms with E-state index in [2.05, 4.69) is 34.5 Å². The standard InChI is InChI=1S/C34H39N3O5/c1-33(2,3)37(19-17-30(38)39)31(40)34(18-20-36(23-34)21-24-11-5-4-6-12-24)35-32(41)42-22-29-27-15-9-7-13-25(27)26-14-8-10-16-28(26)29/h4-16,29H,17-23H2,1-3H3,(H,35,41)(H,38,39). The summed E-state index contributed by atoms with van der Waals surface area (Å²) in [6.07, 6.45) is -0.445. The fourth-order valence-electron chi connectivity index (χ4n) is 6.23. The Bertz CT molecular complexity index is 1410. The molecule has 0 bridgehead atoms. The first kappa shape index (κ1) is 29.3. The maximum atomic E-state index is 14.3. The average Bonchev–Trinajstić information content (AvgIpc) is 3.51. The van der Waals surface area contributed by atoms with Crippen molar-refractivity contribution < 1.29 is 24.2 Å². The molecule has 2 aliphatic rings. The Balaban J connectivity index is 1.36. The van der Waals surface area contributed by atoms with Crippen LogP contribution in [0, 0.1) is 0 Å². The van der Waals surface area contributed by atoms with Gasteiger partial charge in [0.1, 0.15) is 12.1 Å². The van der Waals surface area contributed by atoms with E-state index in [1.165, 1.54) is 0 Å². The highest BCUT2D eigenvalue weighted by molar-refractivity contribution is 5.91. The molecule has 220 valence electrons. The molecule has 0 spiro atoms. The summed E-state index contributed by atoms with van der Waals surface area (Å²) in [7, 11) is 0. The Morgan fingerprint density at radius 2 is 1.55 bits per heavy atom. The maximum absolute atomic E-state index is 14.3. The quantitative estimate of drug-likeness (QED) is 0.364. The van der Waals surface area contributed by atoms with Gasteiger partial charge in [-0.25, -0.2) is 4.79 Å². The Morgan fingerprint density at radius 1 is 0.952 bits per heavy atom. The summed E-state index contributed by atoms with van der Waals surface area (Å²) in [6.45, 7) is 7.35. The first-order valence-electron chi connectivity index (χ1n) is 14.5. The third-order valence-electron chi connectivity index (χ3n) is 8.30. The Hall–Kier alpha value is -4.17. The van der Waals surface area contributed by atoms with E-state index in [1.54, 1.807) is 4.90 Å². The van der Waals surface area contributed by atoms with E-state index in [0.717, 1.165) is 27.8 Å². The van der Waals surface area contributed by atoms with Crippen molar-refractivity contribution in [2.24, 2.45) is 0 Å². The summed E-state index contributed by atoms with van der Waals surface area (Å²) >= 11 is 0. The van der Waals surface area contributed by atoms with Crippen molar-refractivity contribution >= 4 is 18.0 Å². The summed E-state index contributed by atoms with van der Waals surface area (Å²) in [4.78, 5) is 42.9. The number of carbonyl (C=O) groups excluding carboxylic acids is 2. The van der Waals surface area contributed by atoms with Gasteiger partial charge >= 0.3 is 12.1 Å². The lowest BCUT2D eigenvalue weighted by Gasteiger charge is -2.42. The molecule has 1 fully saturated rings. The monoisotopic (exact) mass is 569 g/mol.